The van der Waals surface area contributed by atoms with E-state index in [-0.39, 0.29) is 11.0 Å². The predicted molar refractivity (Wildman–Crippen MR) is 121 cm³/mol. The van der Waals surface area contributed by atoms with Gasteiger partial charge in [0, 0.05) is 36.7 Å². The van der Waals surface area contributed by atoms with Crippen LogP contribution in [0.2, 0.25) is 0 Å². The number of sulfonamides is 1. The Hall–Kier alpha value is -2.58. The minimum atomic E-state index is -3.67. The van der Waals surface area contributed by atoms with E-state index in [9.17, 15) is 13.2 Å². The van der Waals surface area contributed by atoms with Crippen molar-refractivity contribution in [2.24, 2.45) is 0 Å². The van der Waals surface area contributed by atoms with Gasteiger partial charge in [0.2, 0.25) is 10.0 Å². The minimum Gasteiger partial charge on any atom is -0.492 e. The summed E-state index contributed by atoms with van der Waals surface area (Å²) in [5, 5.41) is 2.88. The number of hydrogen-bond acceptors (Lipinski definition) is 5. The van der Waals surface area contributed by atoms with Crippen LogP contribution in [-0.4, -0.2) is 44.4 Å². The molecule has 7 nitrogen and oxygen atoms in total. The summed E-state index contributed by atoms with van der Waals surface area (Å²) in [6.07, 6.45) is 0.855. The van der Waals surface area contributed by atoms with Gasteiger partial charge in [0.25, 0.3) is 5.91 Å². The fourth-order valence-electron chi connectivity index (χ4n) is 3.72. The minimum absolute atomic E-state index is 0.0691. The molecule has 0 saturated carbocycles. The maximum Gasteiger partial charge on any atom is 0.256 e. The molecule has 8 heteroatoms. The van der Waals surface area contributed by atoms with E-state index < -0.39 is 15.9 Å². The van der Waals surface area contributed by atoms with Crippen LogP contribution in [0.5, 0.6) is 11.5 Å². The van der Waals surface area contributed by atoms with E-state index in [4.69, 9.17) is 9.47 Å². The number of aryl methyl sites for hydroxylation is 1. The molecule has 1 atom stereocenters. The topological polar surface area (TPSA) is 84.9 Å². The van der Waals surface area contributed by atoms with Gasteiger partial charge in [0.15, 0.2) is 0 Å². The molecule has 0 saturated heterocycles. The number of rotatable bonds is 8. The fraction of sp³-hybridized carbons (Fsp3) is 0.435. The van der Waals surface area contributed by atoms with Gasteiger partial charge < -0.3 is 14.8 Å². The van der Waals surface area contributed by atoms with Crippen LogP contribution in [0, 0.1) is 6.92 Å². The van der Waals surface area contributed by atoms with E-state index in [0.717, 1.165) is 17.7 Å². The molecule has 0 radical (unpaired) electrons. The van der Waals surface area contributed by atoms with E-state index in [0.29, 0.717) is 42.3 Å². The Morgan fingerprint density at radius 2 is 1.90 bits per heavy atom. The lowest BCUT2D eigenvalue weighted by molar-refractivity contribution is 0.102. The van der Waals surface area contributed by atoms with Gasteiger partial charge in [-0.2, -0.15) is 4.31 Å². The third kappa shape index (κ3) is 4.70. The van der Waals surface area contributed by atoms with Crippen molar-refractivity contribution in [3.63, 3.8) is 0 Å². The van der Waals surface area contributed by atoms with Gasteiger partial charge in [-0.15, -0.1) is 0 Å². The summed E-state index contributed by atoms with van der Waals surface area (Å²) >= 11 is 0. The monoisotopic (exact) mass is 446 g/mol. The van der Waals surface area contributed by atoms with Crippen molar-refractivity contribution in [3.8, 4) is 11.5 Å². The third-order valence-corrected chi connectivity index (χ3v) is 7.39. The molecule has 1 N–H and O–H groups in total. The van der Waals surface area contributed by atoms with Crippen LogP contribution in [-0.2, 0) is 16.4 Å². The zero-order valence-electron chi connectivity index (χ0n) is 18.7. The van der Waals surface area contributed by atoms with E-state index in [2.05, 4.69) is 5.32 Å². The van der Waals surface area contributed by atoms with Crippen molar-refractivity contribution in [2.45, 2.75) is 52.0 Å². The SMILES string of the molecule is CCOc1cc2c(cc1NC(=O)c1cc(S(=O)(=O)N(CC)CC)ccc1C)OC(C)C2. The van der Waals surface area contributed by atoms with Crippen molar-refractivity contribution < 1.29 is 22.7 Å². The first-order valence-electron chi connectivity index (χ1n) is 10.6. The number of benzene rings is 2. The van der Waals surface area contributed by atoms with Gasteiger partial charge in [0.1, 0.15) is 17.6 Å². The molecule has 3 rings (SSSR count). The Kier molecular flexibility index (Phi) is 6.91. The summed E-state index contributed by atoms with van der Waals surface area (Å²) in [6, 6.07) is 8.29. The molecule has 1 unspecified atom stereocenters. The number of carbonyl (C=O) groups is 1. The molecule has 31 heavy (non-hydrogen) atoms. The van der Waals surface area contributed by atoms with Crippen LogP contribution in [0.3, 0.4) is 0 Å². The molecule has 1 amide bonds. The highest BCUT2D eigenvalue weighted by atomic mass is 32.2. The number of fused-ring (bicyclic) bond motifs is 1. The first-order chi connectivity index (χ1) is 14.7. The van der Waals surface area contributed by atoms with Gasteiger partial charge >= 0.3 is 0 Å². The van der Waals surface area contributed by atoms with Gasteiger partial charge in [-0.05, 0) is 44.5 Å². The van der Waals surface area contributed by atoms with Crippen molar-refractivity contribution in [2.75, 3.05) is 25.0 Å². The van der Waals surface area contributed by atoms with Gasteiger partial charge in [0.05, 0.1) is 17.2 Å². The molecule has 0 aromatic heterocycles. The van der Waals surface area contributed by atoms with Crippen molar-refractivity contribution in [1.29, 1.82) is 0 Å². The maximum atomic E-state index is 13.1. The molecule has 168 valence electrons. The molecule has 1 aliphatic heterocycles. The molecular weight excluding hydrogens is 416 g/mol. The smallest absolute Gasteiger partial charge is 0.256 e. The number of amides is 1. The van der Waals surface area contributed by atoms with Crippen molar-refractivity contribution in [1.82, 2.24) is 4.31 Å². The molecule has 0 fully saturated rings. The molecule has 0 bridgehead atoms. The van der Waals surface area contributed by atoms with Crippen LogP contribution in [0.4, 0.5) is 5.69 Å². The molecule has 1 heterocycles. The van der Waals surface area contributed by atoms with Crippen LogP contribution >= 0.6 is 0 Å². The summed E-state index contributed by atoms with van der Waals surface area (Å²) in [4.78, 5) is 13.2. The second-order valence-corrected chi connectivity index (χ2v) is 9.48. The summed E-state index contributed by atoms with van der Waals surface area (Å²) in [5.74, 6) is 0.888. The fourth-order valence-corrected chi connectivity index (χ4v) is 5.21. The Bertz CT molecular complexity index is 1080. The highest BCUT2D eigenvalue weighted by molar-refractivity contribution is 7.89. The second-order valence-electron chi connectivity index (χ2n) is 7.54. The maximum absolute atomic E-state index is 13.1. The number of nitrogens with one attached hydrogen (secondary N) is 1. The highest BCUT2D eigenvalue weighted by Gasteiger charge is 2.25. The van der Waals surface area contributed by atoms with Gasteiger partial charge in [-0.3, -0.25) is 4.79 Å². The van der Waals surface area contributed by atoms with E-state index in [1.165, 1.54) is 16.4 Å². The van der Waals surface area contributed by atoms with Crippen LogP contribution in [0.25, 0.3) is 0 Å². The Morgan fingerprint density at radius 3 is 2.55 bits per heavy atom. The average molecular weight is 447 g/mol. The average Bonchev–Trinajstić information content (AvgIpc) is 3.08. The molecule has 2 aromatic rings. The Labute approximate surface area is 184 Å². The second kappa shape index (κ2) is 9.28. The molecule has 1 aliphatic rings. The van der Waals surface area contributed by atoms with E-state index >= 15 is 0 Å². The number of hydrogen-bond donors (Lipinski definition) is 1. The third-order valence-electron chi connectivity index (χ3n) is 5.34. The number of ether oxygens (including phenoxy) is 2. The zero-order chi connectivity index (χ0) is 22.8. The predicted octanol–water partition coefficient (Wildman–Crippen LogP) is 4.00. The zero-order valence-corrected chi connectivity index (χ0v) is 19.5. The highest BCUT2D eigenvalue weighted by Crippen LogP contribution is 2.38. The number of carbonyl (C=O) groups excluding carboxylic acids is 1. The van der Waals surface area contributed by atoms with Crippen LogP contribution in [0.15, 0.2) is 35.2 Å². The molecular formula is C23H30N2O5S. The first-order valence-corrected chi connectivity index (χ1v) is 12.0. The quantitative estimate of drug-likeness (QED) is 0.663. The lowest BCUT2D eigenvalue weighted by Crippen LogP contribution is -2.30. The Balaban J connectivity index is 1.95. The standard InChI is InChI=1S/C23H30N2O5S/c1-6-25(7-2)31(27,28)18-10-9-15(4)19(13-18)23(26)24-20-14-21-17(11-16(5)30-21)12-22(20)29-8-3/h9-10,12-14,16H,6-8,11H2,1-5H3,(H,24,26). The normalized spacial score (nSPS) is 15.5. The summed E-state index contributed by atoms with van der Waals surface area (Å²) in [5.41, 5.74) is 2.51. The molecule has 0 aliphatic carbocycles. The van der Waals surface area contributed by atoms with Crippen LogP contribution in [0.1, 0.15) is 49.2 Å². The Morgan fingerprint density at radius 1 is 1.19 bits per heavy atom. The lowest BCUT2D eigenvalue weighted by Gasteiger charge is -2.19. The molecule has 2 aromatic carbocycles. The number of anilines is 1. The van der Waals surface area contributed by atoms with E-state index in [1.807, 2.05) is 19.9 Å². The lowest BCUT2D eigenvalue weighted by atomic mass is 10.1. The summed E-state index contributed by atoms with van der Waals surface area (Å²) < 4.78 is 38.7. The van der Waals surface area contributed by atoms with E-state index in [1.54, 1.807) is 32.9 Å². The van der Waals surface area contributed by atoms with Gasteiger partial charge in [-0.1, -0.05) is 19.9 Å². The summed E-state index contributed by atoms with van der Waals surface area (Å²) in [6.45, 7) is 10.4. The van der Waals surface area contributed by atoms with Gasteiger partial charge in [-0.25, -0.2) is 8.42 Å². The molecule has 0 spiro atoms. The van der Waals surface area contributed by atoms with Crippen LogP contribution < -0.4 is 14.8 Å². The summed E-state index contributed by atoms with van der Waals surface area (Å²) in [7, 11) is -3.67. The first kappa shape index (κ1) is 23.1. The number of nitrogens with zero attached hydrogens (tertiary/aromatic N) is 1. The van der Waals surface area contributed by atoms with Crippen molar-refractivity contribution in [3.05, 3.63) is 47.0 Å². The largest absolute Gasteiger partial charge is 0.492 e. The van der Waals surface area contributed by atoms with Crippen molar-refractivity contribution >= 4 is 21.6 Å².